The predicted octanol–water partition coefficient (Wildman–Crippen LogP) is 2.59. The number of hydrogen-bond acceptors (Lipinski definition) is 1. The van der Waals surface area contributed by atoms with Crippen LogP contribution < -0.4 is 5.73 Å². The lowest BCUT2D eigenvalue weighted by Crippen LogP contribution is -2.06. The van der Waals surface area contributed by atoms with Gasteiger partial charge < -0.3 is 5.73 Å². The number of rotatable bonds is 1. The lowest BCUT2D eigenvalue weighted by Gasteiger charge is -1.73. The van der Waals surface area contributed by atoms with E-state index in [4.69, 9.17) is 0 Å². The minimum atomic E-state index is -0.245. The molecule has 0 atom stereocenters. The molecule has 1 aromatic rings. The first-order valence-corrected chi connectivity index (χ1v) is 4.55. The van der Waals surface area contributed by atoms with Crippen LogP contribution in [-0.2, 0) is 4.79 Å². The van der Waals surface area contributed by atoms with Gasteiger partial charge in [-0.15, -0.1) is 0 Å². The van der Waals surface area contributed by atoms with E-state index in [-0.39, 0.29) is 5.91 Å². The van der Waals surface area contributed by atoms with E-state index in [0.29, 0.717) is 6.42 Å². The third kappa shape index (κ3) is 18.0. The molecule has 0 saturated carbocycles. The Morgan fingerprint density at radius 3 is 1.23 bits per heavy atom. The molecule has 74 valence electrons. The monoisotopic (exact) mass is 181 g/mol. The average Bonchev–Trinajstić information content (AvgIpc) is 2.24. The Kier molecular flexibility index (Phi) is 14.5. The molecule has 1 aromatic carbocycles. The molecule has 0 aromatic heterocycles. The Balaban J connectivity index is 0. The molecule has 0 aliphatic carbocycles. The second-order valence-corrected chi connectivity index (χ2v) is 1.97. The summed E-state index contributed by atoms with van der Waals surface area (Å²) in [5.41, 5.74) is 4.65. The van der Waals surface area contributed by atoms with Crippen LogP contribution in [0.15, 0.2) is 36.4 Å². The maximum atomic E-state index is 9.59. The molecule has 0 radical (unpaired) electrons. The van der Waals surface area contributed by atoms with Crippen molar-refractivity contribution < 1.29 is 4.79 Å². The molecule has 1 rings (SSSR count). The van der Waals surface area contributed by atoms with Crippen LogP contribution in [0.1, 0.15) is 27.2 Å². The Morgan fingerprint density at radius 1 is 1.00 bits per heavy atom. The van der Waals surface area contributed by atoms with E-state index in [1.165, 1.54) is 0 Å². The van der Waals surface area contributed by atoms with Crippen molar-refractivity contribution in [1.82, 2.24) is 0 Å². The van der Waals surface area contributed by atoms with Crippen molar-refractivity contribution in [3.05, 3.63) is 36.4 Å². The third-order valence-corrected chi connectivity index (χ3v) is 1.02. The smallest absolute Gasteiger partial charge is 0.217 e. The van der Waals surface area contributed by atoms with E-state index in [2.05, 4.69) is 5.73 Å². The van der Waals surface area contributed by atoms with Gasteiger partial charge in [0.15, 0.2) is 0 Å². The summed E-state index contributed by atoms with van der Waals surface area (Å²) in [5.74, 6) is -0.245. The first-order valence-electron chi connectivity index (χ1n) is 4.55. The van der Waals surface area contributed by atoms with Crippen LogP contribution in [0.4, 0.5) is 0 Å². The normalized spacial score (nSPS) is 7.00. The van der Waals surface area contributed by atoms with E-state index >= 15 is 0 Å². The van der Waals surface area contributed by atoms with Crippen molar-refractivity contribution in [2.75, 3.05) is 0 Å². The fraction of sp³-hybridized carbons (Fsp3) is 0.364. The molecule has 1 amide bonds. The summed E-state index contributed by atoms with van der Waals surface area (Å²) < 4.78 is 0. The molecule has 0 spiro atoms. The van der Waals surface area contributed by atoms with Gasteiger partial charge in [0.1, 0.15) is 0 Å². The highest BCUT2D eigenvalue weighted by molar-refractivity contribution is 5.73. The minimum absolute atomic E-state index is 0.245. The maximum Gasteiger partial charge on any atom is 0.217 e. The number of amides is 1. The molecule has 2 heteroatoms. The zero-order valence-electron chi connectivity index (χ0n) is 8.66. The maximum absolute atomic E-state index is 9.59. The van der Waals surface area contributed by atoms with Crippen LogP contribution in [0.3, 0.4) is 0 Å². The van der Waals surface area contributed by atoms with Gasteiger partial charge in [-0.1, -0.05) is 57.2 Å². The van der Waals surface area contributed by atoms with Gasteiger partial charge in [-0.3, -0.25) is 4.79 Å². The first kappa shape index (κ1) is 14.2. The van der Waals surface area contributed by atoms with E-state index in [1.54, 1.807) is 6.92 Å². The summed E-state index contributed by atoms with van der Waals surface area (Å²) in [6.45, 7) is 5.72. The van der Waals surface area contributed by atoms with Gasteiger partial charge in [-0.05, 0) is 0 Å². The zero-order chi connectivity index (χ0) is 10.5. The summed E-state index contributed by atoms with van der Waals surface area (Å²) in [6, 6.07) is 12.0. The Morgan fingerprint density at radius 2 is 1.15 bits per heavy atom. The largest absolute Gasteiger partial charge is 0.370 e. The van der Waals surface area contributed by atoms with E-state index < -0.39 is 0 Å². The third-order valence-electron chi connectivity index (χ3n) is 1.02. The Hall–Kier alpha value is -1.31. The molecule has 0 heterocycles. The second-order valence-electron chi connectivity index (χ2n) is 1.97. The van der Waals surface area contributed by atoms with E-state index in [9.17, 15) is 4.79 Å². The minimum Gasteiger partial charge on any atom is -0.370 e. The molecular weight excluding hydrogens is 162 g/mol. The fourth-order valence-electron chi connectivity index (χ4n) is 0.385. The lowest BCUT2D eigenvalue weighted by molar-refractivity contribution is -0.117. The quantitative estimate of drug-likeness (QED) is 0.711. The highest BCUT2D eigenvalue weighted by Crippen LogP contribution is 1.79. The number of hydrogen-bond donors (Lipinski definition) is 1. The number of benzene rings is 1. The highest BCUT2D eigenvalue weighted by Gasteiger charge is 1.77. The number of carbonyl (C=O) groups is 1. The van der Waals surface area contributed by atoms with Crippen LogP contribution in [0.25, 0.3) is 0 Å². The van der Waals surface area contributed by atoms with Crippen molar-refractivity contribution in [3.63, 3.8) is 0 Å². The van der Waals surface area contributed by atoms with Gasteiger partial charge in [0.2, 0.25) is 5.91 Å². The SMILES string of the molecule is CC.CCC(N)=O.c1ccccc1. The molecule has 0 saturated heterocycles. The number of primary amides is 1. The van der Waals surface area contributed by atoms with Gasteiger partial charge >= 0.3 is 0 Å². The molecule has 0 bridgehead atoms. The summed E-state index contributed by atoms with van der Waals surface area (Å²) in [7, 11) is 0. The molecule has 0 aliphatic heterocycles. The molecule has 2 nitrogen and oxygen atoms in total. The summed E-state index contributed by atoms with van der Waals surface area (Å²) in [6.07, 6.45) is 0.444. The van der Waals surface area contributed by atoms with Crippen LogP contribution in [0, 0.1) is 0 Å². The van der Waals surface area contributed by atoms with Gasteiger partial charge in [0.25, 0.3) is 0 Å². The molecule has 13 heavy (non-hydrogen) atoms. The topological polar surface area (TPSA) is 43.1 Å². The van der Waals surface area contributed by atoms with Gasteiger partial charge in [-0.25, -0.2) is 0 Å². The van der Waals surface area contributed by atoms with Crippen LogP contribution in [0.5, 0.6) is 0 Å². The fourth-order valence-corrected chi connectivity index (χ4v) is 0.385. The lowest BCUT2D eigenvalue weighted by atomic mass is 10.4. The molecule has 0 fully saturated rings. The van der Waals surface area contributed by atoms with Crippen LogP contribution >= 0.6 is 0 Å². The van der Waals surface area contributed by atoms with Crippen molar-refractivity contribution >= 4 is 5.91 Å². The Labute approximate surface area is 80.8 Å². The van der Waals surface area contributed by atoms with Crippen LogP contribution in [0.2, 0.25) is 0 Å². The molecule has 0 unspecified atom stereocenters. The Bertz CT molecular complexity index is 158. The summed E-state index contributed by atoms with van der Waals surface area (Å²) in [5, 5.41) is 0. The molecule has 2 N–H and O–H groups in total. The standard InChI is InChI=1S/C6H6.C3H7NO.C2H6/c1-2-4-6-5-3-1;1-2-3(4)5;1-2/h1-6H;2H2,1H3,(H2,4,5);1-2H3. The number of nitrogens with two attached hydrogens (primary N) is 1. The van der Waals surface area contributed by atoms with E-state index in [1.807, 2.05) is 50.2 Å². The van der Waals surface area contributed by atoms with Crippen molar-refractivity contribution in [2.45, 2.75) is 27.2 Å². The summed E-state index contributed by atoms with van der Waals surface area (Å²) in [4.78, 5) is 9.59. The number of carbonyl (C=O) groups excluding carboxylic acids is 1. The average molecular weight is 181 g/mol. The highest BCUT2D eigenvalue weighted by atomic mass is 16.1. The van der Waals surface area contributed by atoms with Crippen molar-refractivity contribution in [1.29, 1.82) is 0 Å². The van der Waals surface area contributed by atoms with Crippen LogP contribution in [-0.4, -0.2) is 5.91 Å². The van der Waals surface area contributed by atoms with Gasteiger partial charge in [0.05, 0.1) is 0 Å². The van der Waals surface area contributed by atoms with Gasteiger partial charge in [-0.2, -0.15) is 0 Å². The molecule has 0 aliphatic rings. The van der Waals surface area contributed by atoms with Crippen molar-refractivity contribution in [3.8, 4) is 0 Å². The zero-order valence-corrected chi connectivity index (χ0v) is 8.66. The second kappa shape index (κ2) is 13.3. The van der Waals surface area contributed by atoms with E-state index in [0.717, 1.165) is 0 Å². The van der Waals surface area contributed by atoms with Gasteiger partial charge in [0, 0.05) is 6.42 Å². The predicted molar refractivity (Wildman–Crippen MR) is 57.3 cm³/mol. The van der Waals surface area contributed by atoms with Crippen molar-refractivity contribution in [2.24, 2.45) is 5.73 Å². The molecular formula is C11H19NO. The first-order chi connectivity index (χ1) is 6.27. The summed E-state index contributed by atoms with van der Waals surface area (Å²) >= 11 is 0.